The number of carboxylic acids is 1. The third-order valence-corrected chi connectivity index (χ3v) is 4.08. The van der Waals surface area contributed by atoms with Crippen molar-refractivity contribution < 1.29 is 23.8 Å². The maximum absolute atomic E-state index is 12.5. The van der Waals surface area contributed by atoms with E-state index in [1.54, 1.807) is 48.5 Å². The molecule has 1 heterocycles. The van der Waals surface area contributed by atoms with Gasteiger partial charge in [0.25, 0.3) is 5.91 Å². The SMILES string of the molecule is CCOc1cccc(NC(=O)/C(C#N)=C/c2ccc(-c3cccc(C(=O)O)c3)o2)c1. The second kappa shape index (κ2) is 9.26. The summed E-state index contributed by atoms with van der Waals surface area (Å²) in [6.07, 6.45) is 1.33. The number of hydrogen-bond donors (Lipinski definition) is 2. The molecular formula is C23H18N2O5. The summed E-state index contributed by atoms with van der Waals surface area (Å²) in [5.74, 6) is -0.304. The first-order valence-corrected chi connectivity index (χ1v) is 9.09. The molecule has 1 amide bonds. The summed E-state index contributed by atoms with van der Waals surface area (Å²) in [7, 11) is 0. The standard InChI is InChI=1S/C23H18N2O5/c1-2-29-19-8-4-7-18(13-19)25-22(26)17(14-24)12-20-9-10-21(30-20)15-5-3-6-16(11-15)23(27)28/h3-13H,2H2,1H3,(H,25,26)(H,27,28)/b17-12+. The average molecular weight is 402 g/mol. The van der Waals surface area contributed by atoms with E-state index in [0.717, 1.165) is 0 Å². The van der Waals surface area contributed by atoms with Gasteiger partial charge in [0.2, 0.25) is 0 Å². The lowest BCUT2D eigenvalue weighted by molar-refractivity contribution is -0.112. The number of carboxylic acid groups (broad SMARTS) is 1. The highest BCUT2D eigenvalue weighted by atomic mass is 16.5. The number of carbonyl (C=O) groups is 2. The van der Waals surface area contributed by atoms with Crippen molar-refractivity contribution in [1.29, 1.82) is 5.26 Å². The van der Waals surface area contributed by atoms with Gasteiger partial charge in [-0.1, -0.05) is 18.2 Å². The molecule has 7 nitrogen and oxygen atoms in total. The lowest BCUT2D eigenvalue weighted by Gasteiger charge is -2.07. The maximum atomic E-state index is 12.5. The summed E-state index contributed by atoms with van der Waals surface area (Å²) >= 11 is 0. The molecule has 0 aliphatic heterocycles. The number of nitrogens with one attached hydrogen (secondary N) is 1. The Hall–Kier alpha value is -4.31. The topological polar surface area (TPSA) is 113 Å². The summed E-state index contributed by atoms with van der Waals surface area (Å²) in [5, 5.41) is 21.2. The van der Waals surface area contributed by atoms with Crippen molar-refractivity contribution in [3.8, 4) is 23.1 Å². The molecule has 0 unspecified atom stereocenters. The first kappa shape index (κ1) is 20.4. The van der Waals surface area contributed by atoms with Crippen LogP contribution in [0.2, 0.25) is 0 Å². The molecule has 0 spiro atoms. The van der Waals surface area contributed by atoms with Gasteiger partial charge in [0.1, 0.15) is 28.9 Å². The molecule has 0 aliphatic carbocycles. The normalized spacial score (nSPS) is 10.9. The van der Waals surface area contributed by atoms with Gasteiger partial charge in [0.05, 0.1) is 12.2 Å². The fourth-order valence-electron chi connectivity index (χ4n) is 2.71. The number of anilines is 1. The van der Waals surface area contributed by atoms with Crippen LogP contribution in [0.1, 0.15) is 23.0 Å². The van der Waals surface area contributed by atoms with E-state index in [2.05, 4.69) is 5.32 Å². The van der Waals surface area contributed by atoms with E-state index in [1.165, 1.54) is 18.2 Å². The Labute approximate surface area is 172 Å². The first-order valence-electron chi connectivity index (χ1n) is 9.09. The molecule has 0 fully saturated rings. The number of aromatic carboxylic acids is 1. The lowest BCUT2D eigenvalue weighted by atomic mass is 10.1. The molecule has 3 rings (SSSR count). The molecule has 0 saturated heterocycles. The number of ether oxygens (including phenoxy) is 1. The van der Waals surface area contributed by atoms with Crippen LogP contribution in [-0.4, -0.2) is 23.6 Å². The van der Waals surface area contributed by atoms with Crippen LogP contribution < -0.4 is 10.1 Å². The predicted octanol–water partition coefficient (Wildman–Crippen LogP) is 4.59. The van der Waals surface area contributed by atoms with Gasteiger partial charge in [0.15, 0.2) is 0 Å². The second-order valence-corrected chi connectivity index (χ2v) is 6.17. The quantitative estimate of drug-likeness (QED) is 0.441. The zero-order valence-electron chi connectivity index (χ0n) is 16.1. The molecule has 0 atom stereocenters. The molecule has 0 aliphatic rings. The van der Waals surface area contributed by atoms with Gasteiger partial charge in [-0.3, -0.25) is 4.79 Å². The molecule has 3 aromatic rings. The molecule has 0 bridgehead atoms. The van der Waals surface area contributed by atoms with E-state index in [0.29, 0.717) is 35.1 Å². The fraction of sp³-hybridized carbons (Fsp3) is 0.0870. The summed E-state index contributed by atoms with van der Waals surface area (Å²) in [4.78, 5) is 23.6. The van der Waals surface area contributed by atoms with Crippen molar-refractivity contribution in [1.82, 2.24) is 0 Å². The maximum Gasteiger partial charge on any atom is 0.335 e. The molecular weight excluding hydrogens is 384 g/mol. The molecule has 2 N–H and O–H groups in total. The minimum Gasteiger partial charge on any atom is -0.494 e. The van der Waals surface area contributed by atoms with Crippen LogP contribution in [0.3, 0.4) is 0 Å². The molecule has 150 valence electrons. The summed E-state index contributed by atoms with van der Waals surface area (Å²) < 4.78 is 11.1. The van der Waals surface area contributed by atoms with Gasteiger partial charge >= 0.3 is 5.97 Å². The van der Waals surface area contributed by atoms with Gasteiger partial charge in [-0.15, -0.1) is 0 Å². The van der Waals surface area contributed by atoms with Crippen molar-refractivity contribution in [2.45, 2.75) is 6.92 Å². The van der Waals surface area contributed by atoms with Gasteiger partial charge in [-0.2, -0.15) is 5.26 Å². The van der Waals surface area contributed by atoms with Crippen LogP contribution in [0.4, 0.5) is 5.69 Å². The highest BCUT2D eigenvalue weighted by molar-refractivity contribution is 6.09. The van der Waals surface area contributed by atoms with Gasteiger partial charge in [0, 0.05) is 23.4 Å². The molecule has 2 aromatic carbocycles. The van der Waals surface area contributed by atoms with Gasteiger partial charge in [-0.05, 0) is 43.3 Å². The van der Waals surface area contributed by atoms with Crippen LogP contribution in [0, 0.1) is 11.3 Å². The van der Waals surface area contributed by atoms with E-state index >= 15 is 0 Å². The summed E-state index contributed by atoms with van der Waals surface area (Å²) in [6, 6.07) is 18.3. The van der Waals surface area contributed by atoms with Crippen LogP contribution >= 0.6 is 0 Å². The lowest BCUT2D eigenvalue weighted by Crippen LogP contribution is -2.13. The Morgan fingerprint density at radius 2 is 1.97 bits per heavy atom. The number of nitrogens with zero attached hydrogens (tertiary/aromatic N) is 1. The average Bonchev–Trinajstić information content (AvgIpc) is 3.21. The Morgan fingerprint density at radius 3 is 2.70 bits per heavy atom. The summed E-state index contributed by atoms with van der Waals surface area (Å²) in [5.41, 5.74) is 1.06. The largest absolute Gasteiger partial charge is 0.494 e. The highest BCUT2D eigenvalue weighted by Gasteiger charge is 2.13. The third-order valence-electron chi connectivity index (χ3n) is 4.08. The van der Waals surface area contributed by atoms with Crippen molar-refractivity contribution in [2.75, 3.05) is 11.9 Å². The third kappa shape index (κ3) is 4.94. The van der Waals surface area contributed by atoms with E-state index in [1.807, 2.05) is 13.0 Å². The van der Waals surface area contributed by atoms with Crippen LogP contribution in [-0.2, 0) is 4.79 Å². The molecule has 7 heteroatoms. The van der Waals surface area contributed by atoms with Crippen molar-refractivity contribution >= 4 is 23.6 Å². The number of amides is 1. The Bertz CT molecular complexity index is 1150. The van der Waals surface area contributed by atoms with E-state index in [9.17, 15) is 14.9 Å². The fourth-order valence-corrected chi connectivity index (χ4v) is 2.71. The zero-order valence-corrected chi connectivity index (χ0v) is 16.1. The van der Waals surface area contributed by atoms with Crippen molar-refractivity contribution in [3.05, 3.63) is 77.6 Å². The Kier molecular flexibility index (Phi) is 6.30. The van der Waals surface area contributed by atoms with Gasteiger partial charge in [-0.25, -0.2) is 4.79 Å². The highest BCUT2D eigenvalue weighted by Crippen LogP contribution is 2.25. The minimum atomic E-state index is -1.04. The molecule has 1 aromatic heterocycles. The smallest absolute Gasteiger partial charge is 0.335 e. The van der Waals surface area contributed by atoms with Crippen molar-refractivity contribution in [3.63, 3.8) is 0 Å². The molecule has 0 radical (unpaired) electrons. The van der Waals surface area contributed by atoms with E-state index < -0.39 is 11.9 Å². The number of rotatable bonds is 7. The predicted molar refractivity (Wildman–Crippen MR) is 111 cm³/mol. The zero-order chi connectivity index (χ0) is 21.5. The Morgan fingerprint density at radius 1 is 1.17 bits per heavy atom. The first-order chi connectivity index (χ1) is 14.5. The summed E-state index contributed by atoms with van der Waals surface area (Å²) in [6.45, 7) is 2.36. The van der Waals surface area contributed by atoms with Crippen LogP contribution in [0.15, 0.2) is 70.7 Å². The van der Waals surface area contributed by atoms with Crippen LogP contribution in [0.25, 0.3) is 17.4 Å². The van der Waals surface area contributed by atoms with Gasteiger partial charge < -0.3 is 19.6 Å². The minimum absolute atomic E-state index is 0.132. The van der Waals surface area contributed by atoms with Crippen LogP contribution in [0.5, 0.6) is 5.75 Å². The number of nitriles is 1. The van der Waals surface area contributed by atoms with Crippen molar-refractivity contribution in [2.24, 2.45) is 0 Å². The van der Waals surface area contributed by atoms with E-state index in [-0.39, 0.29) is 11.1 Å². The number of carbonyl (C=O) groups excluding carboxylic acids is 1. The van der Waals surface area contributed by atoms with E-state index in [4.69, 9.17) is 14.3 Å². The Balaban J connectivity index is 1.79. The second-order valence-electron chi connectivity index (χ2n) is 6.17. The molecule has 30 heavy (non-hydrogen) atoms. The number of furan rings is 1. The number of benzene rings is 2. The molecule has 0 saturated carbocycles. The number of hydrogen-bond acceptors (Lipinski definition) is 5. The monoisotopic (exact) mass is 402 g/mol.